The lowest BCUT2D eigenvalue weighted by Gasteiger charge is -2.04. The average molecular weight is 256 g/mol. The number of hydrogen-bond acceptors (Lipinski definition) is 4. The number of thiazole rings is 1. The van der Waals surface area contributed by atoms with Crippen LogP contribution in [0, 0.1) is 6.92 Å². The Morgan fingerprint density at radius 3 is 3.12 bits per heavy atom. The average Bonchev–Trinajstić information content (AvgIpc) is 2.72. The summed E-state index contributed by atoms with van der Waals surface area (Å²) < 4.78 is 5.22. The van der Waals surface area contributed by atoms with Crippen LogP contribution in [0.15, 0.2) is 11.2 Å². The van der Waals surface area contributed by atoms with Crippen LogP contribution in [0.3, 0.4) is 0 Å². The van der Waals surface area contributed by atoms with Gasteiger partial charge in [-0.25, -0.2) is 9.98 Å². The molecule has 1 rings (SSSR count). The first-order chi connectivity index (χ1) is 8.22. The minimum absolute atomic E-state index is 0.467. The molecule has 0 aliphatic carbocycles. The molecule has 0 unspecified atom stereocenters. The molecule has 0 saturated heterocycles. The molecule has 6 heteroatoms. The highest BCUT2D eigenvalue weighted by Gasteiger charge is 1.97. The van der Waals surface area contributed by atoms with Crippen LogP contribution in [0.1, 0.15) is 23.2 Å². The van der Waals surface area contributed by atoms with Crippen molar-refractivity contribution in [1.29, 1.82) is 0 Å². The zero-order chi connectivity index (χ0) is 12.5. The number of nitrogens with zero attached hydrogens (tertiary/aromatic N) is 2. The van der Waals surface area contributed by atoms with Gasteiger partial charge in [-0.2, -0.15) is 0 Å². The summed E-state index contributed by atoms with van der Waals surface area (Å²) >= 11 is 1.64. The van der Waals surface area contributed by atoms with E-state index in [1.807, 2.05) is 20.0 Å². The Morgan fingerprint density at radius 2 is 2.47 bits per heavy atom. The molecule has 96 valence electrons. The number of nitrogens with two attached hydrogens (primary N) is 1. The highest BCUT2D eigenvalue weighted by Crippen LogP contribution is 2.11. The summed E-state index contributed by atoms with van der Waals surface area (Å²) in [5.74, 6) is 0.467. The molecular formula is C11H20N4OS. The van der Waals surface area contributed by atoms with Crippen LogP contribution in [0.5, 0.6) is 0 Å². The normalized spacial score (nSPS) is 11.8. The van der Waals surface area contributed by atoms with Crippen LogP contribution < -0.4 is 11.1 Å². The number of guanidine groups is 1. The van der Waals surface area contributed by atoms with Gasteiger partial charge < -0.3 is 15.8 Å². The Bertz CT molecular complexity index is 351. The summed E-state index contributed by atoms with van der Waals surface area (Å²) in [6, 6.07) is 0. The minimum atomic E-state index is 0.467. The van der Waals surface area contributed by atoms with E-state index in [4.69, 9.17) is 10.5 Å². The maximum atomic E-state index is 5.72. The summed E-state index contributed by atoms with van der Waals surface area (Å²) in [6.07, 6.45) is 2.78. The fourth-order valence-corrected chi connectivity index (χ4v) is 1.93. The van der Waals surface area contributed by atoms with Gasteiger partial charge in [-0.1, -0.05) is 0 Å². The molecule has 0 bridgehead atoms. The van der Waals surface area contributed by atoms with Gasteiger partial charge in [0.1, 0.15) is 5.01 Å². The molecule has 0 aliphatic rings. The molecule has 0 aromatic carbocycles. The van der Waals surface area contributed by atoms with E-state index in [1.165, 1.54) is 4.88 Å². The summed E-state index contributed by atoms with van der Waals surface area (Å²) in [5.41, 5.74) is 5.72. The second-order valence-electron chi connectivity index (χ2n) is 3.54. The molecule has 1 heterocycles. The van der Waals surface area contributed by atoms with Crippen molar-refractivity contribution in [3.05, 3.63) is 16.1 Å². The number of rotatable bonds is 7. The molecule has 17 heavy (non-hydrogen) atoms. The Labute approximate surface area is 106 Å². The van der Waals surface area contributed by atoms with Crippen molar-refractivity contribution < 1.29 is 4.74 Å². The van der Waals surface area contributed by atoms with Crippen LogP contribution in [0.2, 0.25) is 0 Å². The Morgan fingerprint density at radius 1 is 1.65 bits per heavy atom. The van der Waals surface area contributed by atoms with Gasteiger partial charge in [0.25, 0.3) is 0 Å². The summed E-state index contributed by atoms with van der Waals surface area (Å²) in [5, 5.41) is 4.03. The third kappa shape index (κ3) is 6.23. The number of aliphatic imine (C=N–C) groups is 1. The van der Waals surface area contributed by atoms with Crippen molar-refractivity contribution in [2.45, 2.75) is 26.8 Å². The van der Waals surface area contributed by atoms with Gasteiger partial charge in [-0.15, -0.1) is 11.3 Å². The van der Waals surface area contributed by atoms with Crippen LogP contribution in [-0.4, -0.2) is 30.7 Å². The van der Waals surface area contributed by atoms with Gasteiger partial charge in [0.15, 0.2) is 5.96 Å². The first kappa shape index (κ1) is 13.9. The molecule has 0 saturated carbocycles. The zero-order valence-corrected chi connectivity index (χ0v) is 11.2. The van der Waals surface area contributed by atoms with Crippen LogP contribution >= 0.6 is 11.3 Å². The van der Waals surface area contributed by atoms with Gasteiger partial charge >= 0.3 is 0 Å². The van der Waals surface area contributed by atoms with Gasteiger partial charge in [0.05, 0.1) is 6.54 Å². The lowest BCUT2D eigenvalue weighted by molar-refractivity contribution is 0.145. The van der Waals surface area contributed by atoms with E-state index in [2.05, 4.69) is 15.3 Å². The van der Waals surface area contributed by atoms with Gasteiger partial charge in [0.2, 0.25) is 0 Å². The molecule has 0 spiro atoms. The van der Waals surface area contributed by atoms with E-state index < -0.39 is 0 Å². The summed E-state index contributed by atoms with van der Waals surface area (Å²) in [6.45, 7) is 6.85. The summed E-state index contributed by atoms with van der Waals surface area (Å²) in [7, 11) is 0. The molecule has 0 radical (unpaired) electrons. The predicted octanol–water partition coefficient (Wildman–Crippen LogP) is 1.28. The second kappa shape index (κ2) is 8.03. The maximum absolute atomic E-state index is 5.72. The number of aryl methyl sites for hydroxylation is 1. The standard InChI is InChI=1S/C11H20N4OS/c1-3-16-6-4-5-13-11(12)15-8-10-14-7-9(2)17-10/h7H,3-6,8H2,1-2H3,(H3,12,13,15). The largest absolute Gasteiger partial charge is 0.382 e. The van der Waals surface area contributed by atoms with E-state index in [0.29, 0.717) is 12.5 Å². The lowest BCUT2D eigenvalue weighted by Crippen LogP contribution is -2.32. The molecule has 1 aromatic rings. The van der Waals surface area contributed by atoms with Crippen LogP contribution in [0.25, 0.3) is 0 Å². The first-order valence-corrected chi connectivity index (χ1v) is 6.57. The Kier molecular flexibility index (Phi) is 6.57. The quantitative estimate of drug-likeness (QED) is 0.438. The zero-order valence-electron chi connectivity index (χ0n) is 10.4. The molecule has 0 aliphatic heterocycles. The number of hydrogen-bond donors (Lipinski definition) is 2. The van der Waals surface area contributed by atoms with Gasteiger partial charge in [-0.05, 0) is 20.3 Å². The number of ether oxygens (including phenoxy) is 1. The first-order valence-electron chi connectivity index (χ1n) is 5.75. The van der Waals surface area contributed by atoms with Crippen molar-refractivity contribution in [3.63, 3.8) is 0 Å². The summed E-state index contributed by atoms with van der Waals surface area (Å²) in [4.78, 5) is 9.63. The Balaban J connectivity index is 2.16. The van der Waals surface area contributed by atoms with E-state index in [0.717, 1.165) is 31.2 Å². The van der Waals surface area contributed by atoms with Crippen molar-refractivity contribution in [1.82, 2.24) is 10.3 Å². The second-order valence-corrected chi connectivity index (χ2v) is 4.86. The predicted molar refractivity (Wildman–Crippen MR) is 71.3 cm³/mol. The van der Waals surface area contributed by atoms with E-state index in [-0.39, 0.29) is 0 Å². The highest BCUT2D eigenvalue weighted by molar-refractivity contribution is 7.11. The Hall–Kier alpha value is -1.14. The van der Waals surface area contributed by atoms with Crippen molar-refractivity contribution in [2.24, 2.45) is 10.7 Å². The molecule has 0 atom stereocenters. The molecule has 5 nitrogen and oxygen atoms in total. The molecular weight excluding hydrogens is 236 g/mol. The fraction of sp³-hybridized carbons (Fsp3) is 0.636. The topological polar surface area (TPSA) is 72.5 Å². The SMILES string of the molecule is CCOCCCNC(N)=NCc1ncc(C)s1. The fourth-order valence-electron chi connectivity index (χ4n) is 1.22. The minimum Gasteiger partial charge on any atom is -0.382 e. The van der Waals surface area contributed by atoms with Crippen LogP contribution in [0.4, 0.5) is 0 Å². The number of aromatic nitrogens is 1. The van der Waals surface area contributed by atoms with Crippen LogP contribution in [-0.2, 0) is 11.3 Å². The lowest BCUT2D eigenvalue weighted by atomic mass is 10.4. The maximum Gasteiger partial charge on any atom is 0.189 e. The van der Waals surface area contributed by atoms with E-state index in [9.17, 15) is 0 Å². The molecule has 0 fully saturated rings. The van der Waals surface area contributed by atoms with Gasteiger partial charge in [-0.3, -0.25) is 0 Å². The smallest absolute Gasteiger partial charge is 0.189 e. The third-order valence-electron chi connectivity index (χ3n) is 2.03. The van der Waals surface area contributed by atoms with Crippen molar-refractivity contribution in [2.75, 3.05) is 19.8 Å². The van der Waals surface area contributed by atoms with Gasteiger partial charge in [0, 0.05) is 30.8 Å². The molecule has 0 amide bonds. The van der Waals surface area contributed by atoms with Crippen molar-refractivity contribution >= 4 is 17.3 Å². The van der Waals surface area contributed by atoms with E-state index in [1.54, 1.807) is 11.3 Å². The highest BCUT2D eigenvalue weighted by atomic mass is 32.1. The van der Waals surface area contributed by atoms with E-state index >= 15 is 0 Å². The number of nitrogens with one attached hydrogen (secondary N) is 1. The monoisotopic (exact) mass is 256 g/mol. The van der Waals surface area contributed by atoms with Crippen molar-refractivity contribution in [3.8, 4) is 0 Å². The molecule has 1 aromatic heterocycles. The third-order valence-corrected chi connectivity index (χ3v) is 2.93. The molecule has 3 N–H and O–H groups in total.